The van der Waals surface area contributed by atoms with Gasteiger partial charge >= 0.3 is 0 Å². The van der Waals surface area contributed by atoms with Crippen LogP contribution in [0.15, 0.2) is 0 Å². The molecule has 0 bridgehead atoms. The van der Waals surface area contributed by atoms with Gasteiger partial charge in [-0.05, 0) is 30.6 Å². The lowest BCUT2D eigenvalue weighted by Gasteiger charge is -2.34. The molecule has 0 aliphatic heterocycles. The Hall–Kier alpha value is -1.06. The minimum Gasteiger partial charge on any atom is -0.356 e. The van der Waals surface area contributed by atoms with Crippen LogP contribution in [-0.2, 0) is 9.59 Å². The topological polar surface area (TPSA) is 58.2 Å². The summed E-state index contributed by atoms with van der Waals surface area (Å²) in [6.45, 7) is 9.44. The monoisotopic (exact) mass is 296 g/mol. The highest BCUT2D eigenvalue weighted by atomic mass is 16.2. The maximum Gasteiger partial charge on any atom is 0.220 e. The molecule has 21 heavy (non-hydrogen) atoms. The van der Waals surface area contributed by atoms with Crippen molar-refractivity contribution in [3.05, 3.63) is 0 Å². The van der Waals surface area contributed by atoms with E-state index in [0.717, 1.165) is 12.8 Å². The first-order chi connectivity index (χ1) is 9.90. The molecule has 1 aliphatic rings. The van der Waals surface area contributed by atoms with Gasteiger partial charge in [-0.1, -0.05) is 40.5 Å². The lowest BCUT2D eigenvalue weighted by Crippen LogP contribution is -2.43. The van der Waals surface area contributed by atoms with E-state index in [1.807, 2.05) is 0 Å². The van der Waals surface area contributed by atoms with Crippen LogP contribution in [0.3, 0.4) is 0 Å². The van der Waals surface area contributed by atoms with Gasteiger partial charge in [0.15, 0.2) is 0 Å². The summed E-state index contributed by atoms with van der Waals surface area (Å²) >= 11 is 0. The molecule has 0 aromatic carbocycles. The zero-order valence-electron chi connectivity index (χ0n) is 14.1. The Morgan fingerprint density at radius 2 is 1.76 bits per heavy atom. The maximum absolute atomic E-state index is 12.0. The minimum atomic E-state index is -0.0177. The van der Waals surface area contributed by atoms with Crippen LogP contribution in [0.1, 0.15) is 66.2 Å². The van der Waals surface area contributed by atoms with Crippen LogP contribution in [0.2, 0.25) is 0 Å². The molecular formula is C17H32N2O2. The molecule has 1 aliphatic carbocycles. The Balaban J connectivity index is 2.20. The molecule has 122 valence electrons. The Morgan fingerprint density at radius 1 is 1.10 bits per heavy atom. The van der Waals surface area contributed by atoms with Crippen molar-refractivity contribution >= 4 is 11.8 Å². The van der Waals surface area contributed by atoms with Gasteiger partial charge in [-0.2, -0.15) is 0 Å². The van der Waals surface area contributed by atoms with Crippen LogP contribution in [0.5, 0.6) is 0 Å². The third-order valence-corrected chi connectivity index (χ3v) is 4.68. The second-order valence-corrected chi connectivity index (χ2v) is 6.97. The second-order valence-electron chi connectivity index (χ2n) is 6.97. The molecule has 0 radical (unpaired) electrons. The van der Waals surface area contributed by atoms with Gasteiger partial charge in [0.1, 0.15) is 0 Å². The average molecular weight is 296 g/mol. The van der Waals surface area contributed by atoms with E-state index in [-0.39, 0.29) is 17.9 Å². The van der Waals surface area contributed by atoms with Gasteiger partial charge in [-0.3, -0.25) is 9.59 Å². The largest absolute Gasteiger partial charge is 0.356 e. The molecule has 1 saturated carbocycles. The van der Waals surface area contributed by atoms with Crippen molar-refractivity contribution in [3.8, 4) is 0 Å². The third kappa shape index (κ3) is 6.96. The predicted octanol–water partition coefficient (Wildman–Crippen LogP) is 2.87. The number of amides is 2. The zero-order valence-corrected chi connectivity index (χ0v) is 14.1. The average Bonchev–Trinajstić information content (AvgIpc) is 2.41. The van der Waals surface area contributed by atoms with E-state index in [0.29, 0.717) is 37.1 Å². The molecule has 4 nitrogen and oxygen atoms in total. The molecule has 2 N–H and O–H groups in total. The minimum absolute atomic E-state index is 0.0139. The van der Waals surface area contributed by atoms with Gasteiger partial charge in [0, 0.05) is 25.4 Å². The lowest BCUT2D eigenvalue weighted by atomic mass is 9.78. The van der Waals surface area contributed by atoms with Gasteiger partial charge in [0.25, 0.3) is 0 Å². The number of carbonyl (C=O) groups is 2. The van der Waals surface area contributed by atoms with Crippen LogP contribution in [-0.4, -0.2) is 24.4 Å². The highest BCUT2D eigenvalue weighted by Gasteiger charge is 2.27. The quantitative estimate of drug-likeness (QED) is 0.759. The smallest absolute Gasteiger partial charge is 0.220 e. The number of hydrogen-bond donors (Lipinski definition) is 2. The predicted molar refractivity (Wildman–Crippen MR) is 85.8 cm³/mol. The summed E-state index contributed by atoms with van der Waals surface area (Å²) in [4.78, 5) is 23.6. The molecule has 2 amide bonds. The summed E-state index contributed by atoms with van der Waals surface area (Å²) in [5.74, 6) is 1.78. The lowest BCUT2D eigenvalue weighted by molar-refractivity contribution is -0.127. The Kier molecular flexibility index (Phi) is 7.76. The van der Waals surface area contributed by atoms with E-state index < -0.39 is 0 Å². The van der Waals surface area contributed by atoms with Crippen LogP contribution in [0.4, 0.5) is 0 Å². The summed E-state index contributed by atoms with van der Waals surface area (Å²) < 4.78 is 0. The molecular weight excluding hydrogens is 264 g/mol. The van der Waals surface area contributed by atoms with Crippen molar-refractivity contribution in [1.29, 1.82) is 0 Å². The molecule has 4 heteroatoms. The highest BCUT2D eigenvalue weighted by molar-refractivity contribution is 5.83. The maximum atomic E-state index is 12.0. The molecule has 0 heterocycles. The van der Waals surface area contributed by atoms with Gasteiger partial charge in [0.05, 0.1) is 0 Å². The van der Waals surface area contributed by atoms with Crippen molar-refractivity contribution < 1.29 is 9.59 Å². The van der Waals surface area contributed by atoms with E-state index in [4.69, 9.17) is 0 Å². The Bertz CT molecular complexity index is 342. The van der Waals surface area contributed by atoms with Gasteiger partial charge in [-0.15, -0.1) is 0 Å². The first-order valence-corrected chi connectivity index (χ1v) is 8.46. The summed E-state index contributed by atoms with van der Waals surface area (Å²) in [5, 5.41) is 5.98. The SMILES string of the molecule is CC(C)CCNC(=O)CCC(=O)N[C@@H]1CCC[C@@H](C)[C@H]1C. The first kappa shape index (κ1) is 18.0. The van der Waals surface area contributed by atoms with E-state index in [9.17, 15) is 9.59 Å². The van der Waals surface area contributed by atoms with Crippen LogP contribution >= 0.6 is 0 Å². The van der Waals surface area contributed by atoms with Gasteiger partial charge in [0.2, 0.25) is 11.8 Å². The van der Waals surface area contributed by atoms with Crippen molar-refractivity contribution in [2.75, 3.05) is 6.54 Å². The molecule has 0 aromatic rings. The van der Waals surface area contributed by atoms with Crippen LogP contribution in [0.25, 0.3) is 0 Å². The number of rotatable bonds is 7. The standard InChI is InChI=1S/C17H32N2O2/c1-12(2)10-11-18-16(20)8-9-17(21)19-15-7-5-6-13(3)14(15)4/h12-15H,5-11H2,1-4H3,(H,18,20)(H,19,21)/t13-,14-,15-/m1/s1. The van der Waals surface area contributed by atoms with E-state index in [1.54, 1.807) is 0 Å². The van der Waals surface area contributed by atoms with Crippen LogP contribution < -0.4 is 10.6 Å². The summed E-state index contributed by atoms with van der Waals surface area (Å²) in [6, 6.07) is 0.283. The van der Waals surface area contributed by atoms with E-state index in [2.05, 4.69) is 38.3 Å². The zero-order chi connectivity index (χ0) is 15.8. The molecule has 3 atom stereocenters. The fourth-order valence-electron chi connectivity index (χ4n) is 2.88. The first-order valence-electron chi connectivity index (χ1n) is 8.46. The fourth-order valence-corrected chi connectivity index (χ4v) is 2.88. The molecule has 0 unspecified atom stereocenters. The normalized spacial score (nSPS) is 25.7. The molecule has 0 saturated heterocycles. The van der Waals surface area contributed by atoms with Crippen LogP contribution in [0, 0.1) is 17.8 Å². The van der Waals surface area contributed by atoms with Crippen molar-refractivity contribution in [2.45, 2.75) is 72.3 Å². The van der Waals surface area contributed by atoms with Crippen molar-refractivity contribution in [3.63, 3.8) is 0 Å². The summed E-state index contributed by atoms with van der Waals surface area (Å²) in [5.41, 5.74) is 0. The molecule has 0 spiro atoms. The molecule has 0 aromatic heterocycles. The summed E-state index contributed by atoms with van der Waals surface area (Å²) in [7, 11) is 0. The second kappa shape index (κ2) is 9.06. The molecule has 1 rings (SSSR count). The Labute approximate surface area is 129 Å². The fraction of sp³-hybridized carbons (Fsp3) is 0.882. The number of nitrogens with one attached hydrogen (secondary N) is 2. The van der Waals surface area contributed by atoms with Gasteiger partial charge < -0.3 is 10.6 Å². The van der Waals surface area contributed by atoms with E-state index in [1.165, 1.54) is 12.8 Å². The highest BCUT2D eigenvalue weighted by Crippen LogP contribution is 2.29. The Morgan fingerprint density at radius 3 is 2.43 bits per heavy atom. The number of hydrogen-bond acceptors (Lipinski definition) is 2. The molecule has 1 fully saturated rings. The van der Waals surface area contributed by atoms with Gasteiger partial charge in [-0.25, -0.2) is 0 Å². The number of carbonyl (C=O) groups excluding carboxylic acids is 2. The van der Waals surface area contributed by atoms with Crippen molar-refractivity contribution in [1.82, 2.24) is 10.6 Å². The van der Waals surface area contributed by atoms with Crippen molar-refractivity contribution in [2.24, 2.45) is 17.8 Å². The van der Waals surface area contributed by atoms with E-state index >= 15 is 0 Å². The summed E-state index contributed by atoms with van der Waals surface area (Å²) in [6.07, 6.45) is 5.08. The third-order valence-electron chi connectivity index (χ3n) is 4.68.